The summed E-state index contributed by atoms with van der Waals surface area (Å²) in [5.74, 6) is 1.71. The second-order valence-electron chi connectivity index (χ2n) is 11.8. The average molecular weight is 550 g/mol. The number of para-hydroxylation sites is 1. The summed E-state index contributed by atoms with van der Waals surface area (Å²) in [5.41, 5.74) is 5.73. The summed E-state index contributed by atoms with van der Waals surface area (Å²) in [4.78, 5) is 26.2. The van der Waals surface area contributed by atoms with Gasteiger partial charge in [0.15, 0.2) is 0 Å². The van der Waals surface area contributed by atoms with Crippen LogP contribution in [0.5, 0.6) is 5.75 Å². The second kappa shape index (κ2) is 9.62. The number of aromatic nitrogens is 3. The molecule has 4 fully saturated rings. The largest absolute Gasteiger partial charge is 0.494 e. The normalized spacial score (nSPS) is 21.2. The van der Waals surface area contributed by atoms with E-state index in [0.717, 1.165) is 36.0 Å². The fourth-order valence-electron chi connectivity index (χ4n) is 6.55. The van der Waals surface area contributed by atoms with E-state index >= 15 is 0 Å². The third-order valence-electron chi connectivity index (χ3n) is 9.10. The van der Waals surface area contributed by atoms with Gasteiger partial charge in [-0.3, -0.25) is 4.79 Å². The molecule has 1 aliphatic heterocycles. The zero-order valence-electron chi connectivity index (χ0n) is 23.7. The van der Waals surface area contributed by atoms with E-state index in [9.17, 15) is 4.79 Å². The SMILES string of the molecule is C=CC(=O)Nc1cc(Nc2nccc(-c3cn(C45CC(C4)C5)c4ccccc34)n2)c(OC)cc1N1CC(N(C)C)C1. The fourth-order valence-corrected chi connectivity index (χ4v) is 6.55. The van der Waals surface area contributed by atoms with Crippen LogP contribution in [-0.2, 0) is 10.3 Å². The summed E-state index contributed by atoms with van der Waals surface area (Å²) >= 11 is 0. The van der Waals surface area contributed by atoms with E-state index in [1.54, 1.807) is 13.3 Å². The van der Waals surface area contributed by atoms with Crippen LogP contribution in [0.3, 0.4) is 0 Å². The number of methoxy groups -OCH3 is 1. The Morgan fingerprint density at radius 2 is 1.93 bits per heavy atom. The van der Waals surface area contributed by atoms with Gasteiger partial charge in [-0.15, -0.1) is 0 Å². The van der Waals surface area contributed by atoms with Gasteiger partial charge in [-0.25, -0.2) is 9.97 Å². The van der Waals surface area contributed by atoms with Gasteiger partial charge in [-0.05, 0) is 63.6 Å². The first-order valence-electron chi connectivity index (χ1n) is 14.2. The molecule has 9 heteroatoms. The number of hydrogen-bond acceptors (Lipinski definition) is 7. The van der Waals surface area contributed by atoms with Crippen LogP contribution in [0.25, 0.3) is 22.2 Å². The molecule has 4 aromatic rings. The summed E-state index contributed by atoms with van der Waals surface area (Å²) in [6, 6.07) is 14.8. The number of fused-ring (bicyclic) bond motifs is 1. The van der Waals surface area contributed by atoms with Gasteiger partial charge in [0.2, 0.25) is 11.9 Å². The molecule has 41 heavy (non-hydrogen) atoms. The molecule has 2 bridgehead atoms. The van der Waals surface area contributed by atoms with Crippen molar-refractivity contribution >= 4 is 39.8 Å². The second-order valence-corrected chi connectivity index (χ2v) is 11.8. The number of nitrogens with one attached hydrogen (secondary N) is 2. The van der Waals surface area contributed by atoms with Crippen molar-refractivity contribution in [1.82, 2.24) is 19.4 Å². The van der Waals surface area contributed by atoms with E-state index in [0.29, 0.717) is 29.1 Å². The number of anilines is 4. The lowest BCUT2D eigenvalue weighted by Crippen LogP contribution is -2.58. The summed E-state index contributed by atoms with van der Waals surface area (Å²) in [7, 11) is 5.80. The molecular weight excluding hydrogens is 514 g/mol. The van der Waals surface area contributed by atoms with E-state index in [1.807, 2.05) is 18.2 Å². The average Bonchev–Trinajstić information content (AvgIpc) is 3.26. The Morgan fingerprint density at radius 1 is 1.15 bits per heavy atom. The summed E-state index contributed by atoms with van der Waals surface area (Å²) in [6.45, 7) is 5.34. The van der Waals surface area contributed by atoms with Gasteiger partial charge in [0.05, 0.1) is 29.9 Å². The third-order valence-corrected chi connectivity index (χ3v) is 9.10. The van der Waals surface area contributed by atoms with Crippen LogP contribution in [0.2, 0.25) is 0 Å². The Bertz CT molecular complexity index is 1650. The topological polar surface area (TPSA) is 87.5 Å². The first-order chi connectivity index (χ1) is 19.9. The summed E-state index contributed by atoms with van der Waals surface area (Å²) in [6.07, 6.45) is 9.15. The quantitative estimate of drug-likeness (QED) is 0.276. The molecule has 2 N–H and O–H groups in total. The van der Waals surface area contributed by atoms with Crippen LogP contribution in [0.4, 0.5) is 23.0 Å². The van der Waals surface area contributed by atoms with Gasteiger partial charge < -0.3 is 29.7 Å². The van der Waals surface area contributed by atoms with Crippen molar-refractivity contribution in [3.63, 3.8) is 0 Å². The van der Waals surface area contributed by atoms with Crippen molar-refractivity contribution in [3.05, 3.63) is 67.5 Å². The molecule has 1 amide bonds. The zero-order valence-corrected chi connectivity index (χ0v) is 23.7. The van der Waals surface area contributed by atoms with E-state index in [2.05, 4.69) is 81.1 Å². The molecule has 0 radical (unpaired) electrons. The predicted molar refractivity (Wildman–Crippen MR) is 163 cm³/mol. The smallest absolute Gasteiger partial charge is 0.247 e. The van der Waals surface area contributed by atoms with Gasteiger partial charge in [0.25, 0.3) is 0 Å². The van der Waals surface area contributed by atoms with Crippen LogP contribution in [0.15, 0.2) is 67.5 Å². The number of hydrogen-bond donors (Lipinski definition) is 2. The molecule has 2 aromatic heterocycles. The highest BCUT2D eigenvalue weighted by atomic mass is 16.5. The Labute approximate surface area is 239 Å². The Morgan fingerprint density at radius 3 is 2.61 bits per heavy atom. The molecule has 3 aliphatic carbocycles. The van der Waals surface area contributed by atoms with E-state index in [4.69, 9.17) is 9.72 Å². The van der Waals surface area contributed by atoms with Crippen LogP contribution in [0.1, 0.15) is 19.3 Å². The molecule has 2 aromatic carbocycles. The van der Waals surface area contributed by atoms with Gasteiger partial charge >= 0.3 is 0 Å². The minimum Gasteiger partial charge on any atom is -0.494 e. The van der Waals surface area contributed by atoms with Gasteiger partial charge in [0, 0.05) is 59.6 Å². The molecule has 9 nitrogen and oxygen atoms in total. The van der Waals surface area contributed by atoms with Crippen LogP contribution in [0, 0.1) is 5.92 Å². The van der Waals surface area contributed by atoms with Crippen molar-refractivity contribution in [2.75, 3.05) is 49.8 Å². The standard InChI is InChI=1S/C32H35N7O2/c1-5-30(40)34-25-12-26(29(41-4)13-28(25)38-17-21(18-38)37(2)3)36-31-33-11-10-24(35-31)23-19-39(32-14-20(15-32)16-32)27-9-7-6-8-22(23)27/h5-13,19-21H,1,14-18H2,2-4H3,(H,34,40)(H,33,35,36). The van der Waals surface area contributed by atoms with Crippen LogP contribution in [-0.4, -0.2) is 65.7 Å². The maximum absolute atomic E-state index is 12.3. The summed E-state index contributed by atoms with van der Waals surface area (Å²) < 4.78 is 8.27. The van der Waals surface area contributed by atoms with E-state index in [-0.39, 0.29) is 11.4 Å². The number of likely N-dealkylation sites (N-methyl/N-ethyl adjacent to an activating group) is 1. The summed E-state index contributed by atoms with van der Waals surface area (Å²) in [5, 5.41) is 7.52. The highest BCUT2D eigenvalue weighted by Crippen LogP contribution is 2.63. The Hall–Kier alpha value is -4.37. The molecule has 3 heterocycles. The Balaban J connectivity index is 1.22. The molecule has 210 valence electrons. The lowest BCUT2D eigenvalue weighted by molar-refractivity contribution is -0.111. The number of amides is 1. The molecule has 0 unspecified atom stereocenters. The highest BCUT2D eigenvalue weighted by Gasteiger charge is 2.58. The first kappa shape index (κ1) is 25.6. The lowest BCUT2D eigenvalue weighted by Gasteiger charge is -2.62. The zero-order chi connectivity index (χ0) is 28.3. The molecule has 8 rings (SSSR count). The van der Waals surface area contributed by atoms with Crippen molar-refractivity contribution in [3.8, 4) is 17.0 Å². The number of rotatable bonds is 9. The van der Waals surface area contributed by atoms with Gasteiger partial charge in [0.1, 0.15) is 5.75 Å². The molecule has 0 spiro atoms. The van der Waals surface area contributed by atoms with Gasteiger partial charge in [-0.2, -0.15) is 0 Å². The first-order valence-corrected chi connectivity index (χ1v) is 14.2. The highest BCUT2D eigenvalue weighted by molar-refractivity contribution is 6.02. The number of carbonyl (C=O) groups is 1. The van der Waals surface area contributed by atoms with E-state index < -0.39 is 0 Å². The number of benzene rings is 2. The molecular formula is C32H35N7O2. The number of carbonyl (C=O) groups excluding carboxylic acids is 1. The van der Waals surface area contributed by atoms with Crippen molar-refractivity contribution in [2.24, 2.45) is 5.92 Å². The Kier molecular flexibility index (Phi) is 6.01. The lowest BCUT2D eigenvalue weighted by atomic mass is 9.49. The maximum Gasteiger partial charge on any atom is 0.247 e. The van der Waals surface area contributed by atoms with Crippen LogP contribution < -0.4 is 20.3 Å². The van der Waals surface area contributed by atoms with Gasteiger partial charge in [-0.1, -0.05) is 24.8 Å². The van der Waals surface area contributed by atoms with Crippen LogP contribution >= 0.6 is 0 Å². The van der Waals surface area contributed by atoms with Crippen molar-refractivity contribution < 1.29 is 9.53 Å². The molecule has 4 aliphatic rings. The molecule has 1 saturated heterocycles. The monoisotopic (exact) mass is 549 g/mol. The van der Waals surface area contributed by atoms with Crippen molar-refractivity contribution in [1.29, 1.82) is 0 Å². The molecule has 3 saturated carbocycles. The minimum absolute atomic E-state index is 0.273. The van der Waals surface area contributed by atoms with E-state index in [1.165, 1.54) is 36.2 Å². The number of nitrogens with zero attached hydrogens (tertiary/aromatic N) is 5. The predicted octanol–water partition coefficient (Wildman–Crippen LogP) is 5.23. The maximum atomic E-state index is 12.3. The fraction of sp³-hybridized carbons (Fsp3) is 0.344. The third kappa shape index (κ3) is 4.23. The number of ether oxygens (including phenoxy) is 1. The molecule has 0 atom stereocenters. The van der Waals surface area contributed by atoms with Crippen molar-refractivity contribution in [2.45, 2.75) is 30.8 Å². The minimum atomic E-state index is -0.273.